The van der Waals surface area contributed by atoms with Crippen molar-refractivity contribution in [2.24, 2.45) is 11.1 Å². The summed E-state index contributed by atoms with van der Waals surface area (Å²) in [5, 5.41) is 14.9. The number of ketones is 1. The number of nitro benzene ring substituents is 1. The fourth-order valence-electron chi connectivity index (χ4n) is 2.02. The van der Waals surface area contributed by atoms with Crippen molar-refractivity contribution in [2.75, 3.05) is 0 Å². The van der Waals surface area contributed by atoms with Crippen LogP contribution in [0.25, 0.3) is 0 Å². The molecule has 6 heteroatoms. The molecule has 0 saturated heterocycles. The fourth-order valence-corrected chi connectivity index (χ4v) is 2.02. The fraction of sp³-hybridized carbons (Fsp3) is 0.250. The molecule has 0 aromatic heterocycles. The number of nitrogens with zero attached hydrogens (tertiary/aromatic N) is 2. The van der Waals surface area contributed by atoms with Crippen LogP contribution in [0.5, 0.6) is 5.75 Å². The van der Waals surface area contributed by atoms with Crippen LogP contribution in [0.1, 0.15) is 20.8 Å². The maximum Gasteiger partial charge on any atom is 0.314 e. The van der Waals surface area contributed by atoms with E-state index in [9.17, 15) is 14.9 Å². The Bertz CT molecular complexity index is 715. The second-order valence-corrected chi connectivity index (χ2v) is 5.24. The molecule has 0 atom stereocenters. The standard InChI is InChI=1S/C16H16N2O4/c1-10(2)12-9-13(11(3)8-15(12)19)17-22-16-7-5-4-6-14(16)18(20)21/h4-10H,1-3H3/b17-13+. The van der Waals surface area contributed by atoms with E-state index in [1.165, 1.54) is 18.2 Å². The lowest BCUT2D eigenvalue weighted by Gasteiger charge is -2.14. The molecule has 0 radical (unpaired) electrons. The molecule has 0 heterocycles. The van der Waals surface area contributed by atoms with Crippen molar-refractivity contribution in [3.63, 3.8) is 0 Å². The van der Waals surface area contributed by atoms with Crippen molar-refractivity contribution < 1.29 is 14.6 Å². The van der Waals surface area contributed by atoms with E-state index < -0.39 is 4.92 Å². The van der Waals surface area contributed by atoms with Gasteiger partial charge in [-0.3, -0.25) is 14.9 Å². The predicted molar refractivity (Wildman–Crippen MR) is 82.8 cm³/mol. The second-order valence-electron chi connectivity index (χ2n) is 5.24. The number of carbonyl (C=O) groups is 1. The van der Waals surface area contributed by atoms with Gasteiger partial charge in [0.1, 0.15) is 5.71 Å². The molecule has 0 bridgehead atoms. The van der Waals surface area contributed by atoms with E-state index in [2.05, 4.69) is 5.16 Å². The van der Waals surface area contributed by atoms with Gasteiger partial charge in [-0.15, -0.1) is 0 Å². The lowest BCUT2D eigenvalue weighted by atomic mass is 9.90. The van der Waals surface area contributed by atoms with Crippen LogP contribution in [0, 0.1) is 16.0 Å². The smallest absolute Gasteiger partial charge is 0.314 e. The number of hydrogen-bond acceptors (Lipinski definition) is 5. The number of nitro groups is 1. The Morgan fingerprint density at radius 3 is 2.55 bits per heavy atom. The minimum Gasteiger partial charge on any atom is -0.349 e. The summed E-state index contributed by atoms with van der Waals surface area (Å²) >= 11 is 0. The maximum atomic E-state index is 11.9. The van der Waals surface area contributed by atoms with Gasteiger partial charge in [-0.05, 0) is 36.6 Å². The van der Waals surface area contributed by atoms with Crippen molar-refractivity contribution in [2.45, 2.75) is 20.8 Å². The molecule has 6 nitrogen and oxygen atoms in total. The van der Waals surface area contributed by atoms with E-state index in [1.54, 1.807) is 25.1 Å². The van der Waals surface area contributed by atoms with Gasteiger partial charge in [0.15, 0.2) is 5.78 Å². The Morgan fingerprint density at radius 2 is 1.91 bits per heavy atom. The van der Waals surface area contributed by atoms with Crippen LogP contribution in [0.3, 0.4) is 0 Å². The highest BCUT2D eigenvalue weighted by Gasteiger charge is 2.20. The summed E-state index contributed by atoms with van der Waals surface area (Å²) in [6.07, 6.45) is 3.16. The van der Waals surface area contributed by atoms with Crippen LogP contribution >= 0.6 is 0 Å². The Labute approximate surface area is 127 Å². The number of carbonyl (C=O) groups excluding carboxylic acids is 1. The van der Waals surface area contributed by atoms with E-state index in [0.29, 0.717) is 16.9 Å². The van der Waals surface area contributed by atoms with Gasteiger partial charge in [0.25, 0.3) is 0 Å². The van der Waals surface area contributed by atoms with Gasteiger partial charge in [0, 0.05) is 11.6 Å². The number of allylic oxidation sites excluding steroid dienone is 4. The molecule has 0 spiro atoms. The second kappa shape index (κ2) is 6.34. The van der Waals surface area contributed by atoms with Gasteiger partial charge < -0.3 is 4.84 Å². The van der Waals surface area contributed by atoms with Crippen LogP contribution in [0.2, 0.25) is 0 Å². The van der Waals surface area contributed by atoms with E-state index in [4.69, 9.17) is 4.84 Å². The topological polar surface area (TPSA) is 81.8 Å². The summed E-state index contributed by atoms with van der Waals surface area (Å²) in [5.74, 6) is 0.0782. The van der Waals surface area contributed by atoms with Crippen LogP contribution < -0.4 is 4.84 Å². The molecule has 0 fully saturated rings. The summed E-state index contributed by atoms with van der Waals surface area (Å²) in [4.78, 5) is 27.5. The van der Waals surface area contributed by atoms with Crippen molar-refractivity contribution in [3.05, 3.63) is 57.7 Å². The first-order chi connectivity index (χ1) is 10.4. The minimum absolute atomic E-state index is 0.0443. The summed E-state index contributed by atoms with van der Waals surface area (Å²) in [5.41, 5.74) is 1.62. The Balaban J connectivity index is 2.32. The van der Waals surface area contributed by atoms with Crippen molar-refractivity contribution in [3.8, 4) is 5.75 Å². The first kappa shape index (κ1) is 15.6. The highest BCUT2D eigenvalue weighted by molar-refractivity contribution is 6.21. The zero-order valence-electron chi connectivity index (χ0n) is 12.6. The largest absolute Gasteiger partial charge is 0.349 e. The quantitative estimate of drug-likeness (QED) is 0.484. The third-order valence-electron chi connectivity index (χ3n) is 3.25. The number of benzene rings is 1. The molecule has 0 saturated carbocycles. The molecule has 0 amide bonds. The average Bonchev–Trinajstić information content (AvgIpc) is 2.46. The molecule has 1 aromatic carbocycles. The Kier molecular flexibility index (Phi) is 4.50. The minimum atomic E-state index is -0.530. The van der Waals surface area contributed by atoms with Gasteiger partial charge in [-0.25, -0.2) is 0 Å². The summed E-state index contributed by atoms with van der Waals surface area (Å²) in [7, 11) is 0. The summed E-state index contributed by atoms with van der Waals surface area (Å²) in [6, 6.07) is 6.00. The first-order valence-corrected chi connectivity index (χ1v) is 6.83. The Morgan fingerprint density at radius 1 is 1.23 bits per heavy atom. The molecule has 22 heavy (non-hydrogen) atoms. The molecular formula is C16H16N2O4. The third-order valence-corrected chi connectivity index (χ3v) is 3.25. The lowest BCUT2D eigenvalue weighted by molar-refractivity contribution is -0.385. The summed E-state index contributed by atoms with van der Waals surface area (Å²) < 4.78 is 0. The highest BCUT2D eigenvalue weighted by Crippen LogP contribution is 2.26. The van der Waals surface area contributed by atoms with Crippen molar-refractivity contribution in [1.29, 1.82) is 0 Å². The van der Waals surface area contributed by atoms with E-state index in [0.717, 1.165) is 0 Å². The number of hydrogen-bond donors (Lipinski definition) is 0. The van der Waals surface area contributed by atoms with E-state index >= 15 is 0 Å². The zero-order valence-corrected chi connectivity index (χ0v) is 12.6. The van der Waals surface area contributed by atoms with Crippen molar-refractivity contribution >= 4 is 17.2 Å². The van der Waals surface area contributed by atoms with Gasteiger partial charge in [0.2, 0.25) is 5.75 Å². The normalized spacial score (nSPS) is 16.5. The van der Waals surface area contributed by atoms with Crippen LogP contribution in [-0.2, 0) is 4.79 Å². The van der Waals surface area contributed by atoms with Crippen molar-refractivity contribution in [1.82, 2.24) is 0 Å². The average molecular weight is 300 g/mol. The van der Waals surface area contributed by atoms with Crippen LogP contribution in [0.4, 0.5) is 5.69 Å². The maximum absolute atomic E-state index is 11.9. The van der Waals surface area contributed by atoms with Crippen LogP contribution in [-0.4, -0.2) is 16.4 Å². The van der Waals surface area contributed by atoms with Gasteiger partial charge in [0.05, 0.1) is 4.92 Å². The summed E-state index contributed by atoms with van der Waals surface area (Å²) in [6.45, 7) is 5.57. The highest BCUT2D eigenvalue weighted by atomic mass is 16.6. The molecular weight excluding hydrogens is 284 g/mol. The number of rotatable bonds is 4. The lowest BCUT2D eigenvalue weighted by Crippen LogP contribution is -2.16. The van der Waals surface area contributed by atoms with E-state index in [1.807, 2.05) is 13.8 Å². The number of para-hydroxylation sites is 2. The zero-order chi connectivity index (χ0) is 16.3. The first-order valence-electron chi connectivity index (χ1n) is 6.83. The van der Waals surface area contributed by atoms with Gasteiger partial charge in [-0.2, -0.15) is 0 Å². The third kappa shape index (κ3) is 3.28. The SMILES string of the molecule is CC1=CC(=O)C(C(C)C)=C/C1=N\Oc1ccccc1[N+](=O)[O-]. The number of oxime groups is 1. The molecule has 0 N–H and O–H groups in total. The van der Waals surface area contributed by atoms with Crippen LogP contribution in [0.15, 0.2) is 52.7 Å². The van der Waals surface area contributed by atoms with E-state index in [-0.39, 0.29) is 23.1 Å². The molecule has 1 aliphatic carbocycles. The monoisotopic (exact) mass is 300 g/mol. The molecule has 0 aliphatic heterocycles. The van der Waals surface area contributed by atoms with Gasteiger partial charge >= 0.3 is 5.69 Å². The Hall–Kier alpha value is -2.76. The van der Waals surface area contributed by atoms with Gasteiger partial charge in [-0.1, -0.05) is 31.1 Å². The molecule has 2 rings (SSSR count). The molecule has 0 unspecified atom stereocenters. The molecule has 1 aliphatic rings. The predicted octanol–water partition coefficient (Wildman–Crippen LogP) is 3.44. The molecule has 114 valence electrons. The molecule has 1 aromatic rings.